The summed E-state index contributed by atoms with van der Waals surface area (Å²) in [4.78, 5) is 63.9. The largest absolute Gasteiger partial charge is 0.481 e. The highest BCUT2D eigenvalue weighted by molar-refractivity contribution is 5.95. The Bertz CT molecular complexity index is 1160. The number of aliphatic carboxylic acids is 2. The van der Waals surface area contributed by atoms with E-state index < -0.39 is 66.0 Å². The fourth-order valence-electron chi connectivity index (χ4n) is 3.71. The van der Waals surface area contributed by atoms with E-state index in [-0.39, 0.29) is 19.3 Å². The van der Waals surface area contributed by atoms with Gasteiger partial charge in [-0.15, -0.1) is 0 Å². The Morgan fingerprint density at radius 3 is 2.08 bits per heavy atom. The maximum absolute atomic E-state index is 13.1. The van der Waals surface area contributed by atoms with E-state index in [0.29, 0.717) is 5.56 Å². The summed E-state index contributed by atoms with van der Waals surface area (Å²) in [6.07, 6.45) is -1.97. The van der Waals surface area contributed by atoms with E-state index in [1.54, 1.807) is 30.5 Å². The monoisotopic (exact) mass is 535 g/mol. The van der Waals surface area contributed by atoms with Crippen LogP contribution in [0, 0.1) is 0 Å². The average Bonchev–Trinajstić information content (AvgIpc) is 3.25. The molecule has 0 radical (unpaired) electrons. The second kappa shape index (κ2) is 13.5. The van der Waals surface area contributed by atoms with Gasteiger partial charge in [-0.1, -0.05) is 18.2 Å². The van der Waals surface area contributed by atoms with E-state index in [2.05, 4.69) is 20.9 Å². The third-order valence-electron chi connectivity index (χ3n) is 5.85. The molecule has 1 aromatic carbocycles. The Morgan fingerprint density at radius 1 is 0.895 bits per heavy atom. The fraction of sp³-hybridized carbons (Fsp3) is 0.458. The number of hydrogen-bond donors (Lipinski definition) is 9. The van der Waals surface area contributed by atoms with Gasteiger partial charge >= 0.3 is 11.9 Å². The standard InChI is InChI=1S/C24H33N5O9/c1-11(30)19(28-21(34)15(25)7-8-18(32)33)23(36)27-17(22(35)29-20(12(2)31)24(37)38)9-13-10-26-16-6-4-3-5-14(13)16/h3-6,10-12,15,17,19-20,26,30-31H,7-9,25H2,1-2H3,(H,27,36)(H,28,34)(H,29,35)(H,32,33)(H,37,38). The van der Waals surface area contributed by atoms with Gasteiger partial charge in [0.15, 0.2) is 6.04 Å². The number of aliphatic hydroxyl groups excluding tert-OH is 2. The summed E-state index contributed by atoms with van der Waals surface area (Å²) in [6.45, 7) is 2.40. The van der Waals surface area contributed by atoms with E-state index in [1.807, 2.05) is 0 Å². The lowest BCUT2D eigenvalue weighted by atomic mass is 10.0. The van der Waals surface area contributed by atoms with Crippen LogP contribution >= 0.6 is 0 Å². The molecule has 0 aliphatic heterocycles. The van der Waals surface area contributed by atoms with E-state index in [9.17, 15) is 39.3 Å². The van der Waals surface area contributed by atoms with E-state index >= 15 is 0 Å². The van der Waals surface area contributed by atoms with Crippen molar-refractivity contribution < 1.29 is 44.4 Å². The molecule has 208 valence electrons. The number of rotatable bonds is 14. The van der Waals surface area contributed by atoms with E-state index in [4.69, 9.17) is 10.8 Å². The van der Waals surface area contributed by atoms with Crippen LogP contribution in [0.3, 0.4) is 0 Å². The molecule has 0 aliphatic rings. The topological polar surface area (TPSA) is 244 Å². The van der Waals surface area contributed by atoms with Crippen molar-refractivity contribution in [3.63, 3.8) is 0 Å². The Morgan fingerprint density at radius 2 is 1.50 bits per heavy atom. The lowest BCUT2D eigenvalue weighted by Gasteiger charge is -2.27. The molecule has 38 heavy (non-hydrogen) atoms. The van der Waals surface area contributed by atoms with Gasteiger partial charge in [0.05, 0.1) is 18.2 Å². The minimum absolute atomic E-state index is 0.105. The lowest BCUT2D eigenvalue weighted by Crippen LogP contribution is -2.60. The molecule has 1 aromatic heterocycles. The maximum atomic E-state index is 13.1. The van der Waals surface area contributed by atoms with Crippen LogP contribution in [0.4, 0.5) is 0 Å². The number of aromatic nitrogens is 1. The number of hydrogen-bond acceptors (Lipinski definition) is 8. The fourth-order valence-corrected chi connectivity index (χ4v) is 3.71. The van der Waals surface area contributed by atoms with Gasteiger partial charge in [-0.3, -0.25) is 19.2 Å². The zero-order chi connectivity index (χ0) is 28.6. The van der Waals surface area contributed by atoms with Gasteiger partial charge in [0, 0.05) is 29.9 Å². The molecule has 6 unspecified atom stereocenters. The number of aromatic amines is 1. The van der Waals surface area contributed by atoms with Gasteiger partial charge in [0.25, 0.3) is 0 Å². The Kier molecular flexibility index (Phi) is 10.7. The van der Waals surface area contributed by atoms with Crippen molar-refractivity contribution in [1.29, 1.82) is 0 Å². The zero-order valence-corrected chi connectivity index (χ0v) is 20.9. The number of nitrogens with two attached hydrogens (primary N) is 1. The molecule has 0 spiro atoms. The van der Waals surface area contributed by atoms with Crippen molar-refractivity contribution in [1.82, 2.24) is 20.9 Å². The lowest BCUT2D eigenvalue weighted by molar-refractivity contribution is -0.145. The van der Waals surface area contributed by atoms with Crippen molar-refractivity contribution >= 4 is 40.6 Å². The number of benzene rings is 1. The molecule has 0 aliphatic carbocycles. The number of aliphatic hydroxyl groups is 2. The molecule has 6 atom stereocenters. The van der Waals surface area contributed by atoms with Crippen LogP contribution in [-0.2, 0) is 30.4 Å². The summed E-state index contributed by atoms with van der Waals surface area (Å²) in [5, 5.41) is 45.7. The number of carboxylic acids is 2. The van der Waals surface area contributed by atoms with Crippen LogP contribution in [0.2, 0.25) is 0 Å². The first kappa shape index (κ1) is 30.2. The van der Waals surface area contributed by atoms with E-state index in [1.165, 1.54) is 13.8 Å². The van der Waals surface area contributed by atoms with Crippen LogP contribution in [0.5, 0.6) is 0 Å². The summed E-state index contributed by atoms with van der Waals surface area (Å²) < 4.78 is 0. The third-order valence-corrected chi connectivity index (χ3v) is 5.85. The molecule has 1 heterocycles. The van der Waals surface area contributed by atoms with E-state index in [0.717, 1.165) is 10.9 Å². The minimum Gasteiger partial charge on any atom is -0.481 e. The Labute approximate surface area is 217 Å². The molecule has 0 saturated carbocycles. The molecule has 3 amide bonds. The van der Waals surface area contributed by atoms with Crippen LogP contribution < -0.4 is 21.7 Å². The van der Waals surface area contributed by atoms with Gasteiger partial charge in [-0.05, 0) is 31.9 Å². The first-order valence-electron chi connectivity index (χ1n) is 11.8. The number of carbonyl (C=O) groups excluding carboxylic acids is 3. The highest BCUT2D eigenvalue weighted by Gasteiger charge is 2.34. The van der Waals surface area contributed by atoms with Crippen molar-refractivity contribution in [2.75, 3.05) is 0 Å². The molecule has 2 rings (SSSR count). The average molecular weight is 536 g/mol. The molecule has 0 fully saturated rings. The SMILES string of the molecule is CC(O)C(NC(=O)C(Cc1c[nH]c2ccccc12)NC(=O)C(NC(=O)C(N)CCC(=O)O)C(C)O)C(=O)O. The van der Waals surface area contributed by atoms with Crippen molar-refractivity contribution in [3.05, 3.63) is 36.0 Å². The Balaban J connectivity index is 2.28. The quantitative estimate of drug-likeness (QED) is 0.131. The predicted molar refractivity (Wildman–Crippen MR) is 134 cm³/mol. The number of nitrogens with one attached hydrogen (secondary N) is 4. The number of amides is 3. The number of carboxylic acid groups (broad SMARTS) is 2. The molecule has 0 saturated heterocycles. The smallest absolute Gasteiger partial charge is 0.328 e. The van der Waals surface area contributed by atoms with Crippen LogP contribution in [0.1, 0.15) is 32.3 Å². The van der Waals surface area contributed by atoms with Crippen LogP contribution in [-0.4, -0.2) is 91.4 Å². The summed E-state index contributed by atoms with van der Waals surface area (Å²) >= 11 is 0. The highest BCUT2D eigenvalue weighted by atomic mass is 16.4. The summed E-state index contributed by atoms with van der Waals surface area (Å²) in [5.41, 5.74) is 7.05. The number of carbonyl (C=O) groups is 5. The Hall–Kier alpha value is -4.01. The van der Waals surface area contributed by atoms with Crippen molar-refractivity contribution in [3.8, 4) is 0 Å². The normalized spacial score (nSPS) is 15.9. The van der Waals surface area contributed by atoms with Gasteiger partial charge in [-0.2, -0.15) is 0 Å². The third kappa shape index (κ3) is 8.26. The van der Waals surface area contributed by atoms with Crippen molar-refractivity contribution in [2.24, 2.45) is 5.73 Å². The van der Waals surface area contributed by atoms with Gasteiger partial charge < -0.3 is 47.1 Å². The van der Waals surface area contributed by atoms with Crippen LogP contribution in [0.25, 0.3) is 10.9 Å². The first-order chi connectivity index (χ1) is 17.8. The minimum atomic E-state index is -1.66. The van der Waals surface area contributed by atoms with Gasteiger partial charge in [0.1, 0.15) is 12.1 Å². The second-order valence-electron chi connectivity index (χ2n) is 8.96. The van der Waals surface area contributed by atoms with Gasteiger partial charge in [0.2, 0.25) is 17.7 Å². The molecule has 14 heteroatoms. The highest BCUT2D eigenvalue weighted by Crippen LogP contribution is 2.19. The van der Waals surface area contributed by atoms with Crippen molar-refractivity contribution in [2.45, 2.75) is 69.5 Å². The maximum Gasteiger partial charge on any atom is 0.328 e. The molecular weight excluding hydrogens is 502 g/mol. The first-order valence-corrected chi connectivity index (χ1v) is 11.8. The predicted octanol–water partition coefficient (Wildman–Crippen LogP) is -1.80. The molecule has 2 aromatic rings. The summed E-state index contributed by atoms with van der Waals surface area (Å²) in [5.74, 6) is -5.44. The summed E-state index contributed by atoms with van der Waals surface area (Å²) in [7, 11) is 0. The summed E-state index contributed by atoms with van der Waals surface area (Å²) in [6, 6.07) is 1.28. The number of H-pyrrole nitrogens is 1. The molecule has 10 N–H and O–H groups in total. The molecule has 14 nitrogen and oxygen atoms in total. The molecule has 0 bridgehead atoms. The number of para-hydroxylation sites is 1. The molecular formula is C24H33N5O9. The zero-order valence-electron chi connectivity index (χ0n) is 20.9. The van der Waals surface area contributed by atoms with Crippen LogP contribution in [0.15, 0.2) is 30.5 Å². The second-order valence-corrected chi connectivity index (χ2v) is 8.96. The number of fused-ring (bicyclic) bond motifs is 1. The van der Waals surface area contributed by atoms with Gasteiger partial charge in [-0.25, -0.2) is 4.79 Å².